The maximum absolute atomic E-state index is 13.1. The number of nitrogens with one attached hydrogen (secondary N) is 1. The van der Waals surface area contributed by atoms with Crippen molar-refractivity contribution < 1.29 is 28.7 Å². The molecule has 0 spiro atoms. The molecule has 2 saturated heterocycles. The SMILES string of the molecule is O=C1CC[C@H](N2C(=O)c3cccc(OCc4ccc(CN5CCOCC5)cc4)c3C2=O)C(=O)N1. The Morgan fingerprint density at radius 1 is 0.941 bits per heavy atom. The summed E-state index contributed by atoms with van der Waals surface area (Å²) in [6, 6.07) is 11.9. The number of piperidine rings is 1. The van der Waals surface area contributed by atoms with E-state index in [1.54, 1.807) is 18.2 Å². The highest BCUT2D eigenvalue weighted by molar-refractivity contribution is 6.24. The lowest BCUT2D eigenvalue weighted by molar-refractivity contribution is -0.136. The van der Waals surface area contributed by atoms with Crippen LogP contribution in [0, 0.1) is 0 Å². The molecule has 3 aliphatic heterocycles. The molecule has 176 valence electrons. The summed E-state index contributed by atoms with van der Waals surface area (Å²) in [6.45, 7) is 4.46. The zero-order valence-electron chi connectivity index (χ0n) is 18.6. The Bertz CT molecular complexity index is 1140. The van der Waals surface area contributed by atoms with Crippen LogP contribution in [0.5, 0.6) is 5.75 Å². The number of hydrogen-bond donors (Lipinski definition) is 1. The highest BCUT2D eigenvalue weighted by Crippen LogP contribution is 2.34. The van der Waals surface area contributed by atoms with E-state index in [4.69, 9.17) is 9.47 Å². The van der Waals surface area contributed by atoms with Crippen molar-refractivity contribution in [3.05, 3.63) is 64.7 Å². The number of carbonyl (C=O) groups excluding carboxylic acids is 4. The van der Waals surface area contributed by atoms with Crippen LogP contribution in [-0.4, -0.2) is 65.8 Å². The third-order valence-corrected chi connectivity index (χ3v) is 6.36. The monoisotopic (exact) mass is 463 g/mol. The van der Waals surface area contributed by atoms with Crippen LogP contribution in [0.1, 0.15) is 44.7 Å². The number of imide groups is 2. The normalized spacial score (nSPS) is 20.9. The van der Waals surface area contributed by atoms with Gasteiger partial charge in [-0.25, -0.2) is 0 Å². The summed E-state index contributed by atoms with van der Waals surface area (Å²) in [5.74, 6) is -1.87. The number of morpholine rings is 1. The standard InChI is InChI=1S/C25H25N3O6/c29-21-9-8-19(23(30)26-21)28-24(31)18-2-1-3-20(22(18)25(28)32)34-15-17-6-4-16(5-7-17)14-27-10-12-33-13-11-27/h1-7,19H,8-15H2,(H,26,29,30)/t19-/m0/s1. The van der Waals surface area contributed by atoms with Gasteiger partial charge in [0.2, 0.25) is 11.8 Å². The van der Waals surface area contributed by atoms with Crippen molar-refractivity contribution in [3.63, 3.8) is 0 Å². The summed E-state index contributed by atoms with van der Waals surface area (Å²) in [5.41, 5.74) is 2.49. The Labute approximate surface area is 196 Å². The Morgan fingerprint density at radius 3 is 2.41 bits per heavy atom. The van der Waals surface area contributed by atoms with Crippen molar-refractivity contribution in [1.82, 2.24) is 15.1 Å². The van der Waals surface area contributed by atoms with Gasteiger partial charge in [-0.05, 0) is 29.7 Å². The van der Waals surface area contributed by atoms with E-state index in [1.165, 1.54) is 5.56 Å². The fourth-order valence-electron chi connectivity index (χ4n) is 4.52. The summed E-state index contributed by atoms with van der Waals surface area (Å²) in [4.78, 5) is 53.1. The molecule has 0 unspecified atom stereocenters. The molecule has 3 heterocycles. The maximum atomic E-state index is 13.1. The minimum Gasteiger partial charge on any atom is -0.488 e. The molecule has 5 rings (SSSR count). The molecule has 0 aromatic heterocycles. The van der Waals surface area contributed by atoms with Gasteiger partial charge in [-0.2, -0.15) is 0 Å². The fourth-order valence-corrected chi connectivity index (χ4v) is 4.52. The van der Waals surface area contributed by atoms with Crippen LogP contribution in [0.4, 0.5) is 0 Å². The maximum Gasteiger partial charge on any atom is 0.266 e. The van der Waals surface area contributed by atoms with E-state index in [2.05, 4.69) is 22.3 Å². The molecule has 34 heavy (non-hydrogen) atoms. The van der Waals surface area contributed by atoms with Gasteiger partial charge >= 0.3 is 0 Å². The number of rotatable bonds is 6. The second kappa shape index (κ2) is 9.36. The molecule has 0 radical (unpaired) electrons. The number of nitrogens with zero attached hydrogens (tertiary/aromatic N) is 2. The lowest BCUT2D eigenvalue weighted by Gasteiger charge is -2.27. The molecular formula is C25H25N3O6. The Hall–Kier alpha value is -3.56. The van der Waals surface area contributed by atoms with Crippen LogP contribution in [0.2, 0.25) is 0 Å². The van der Waals surface area contributed by atoms with E-state index in [0.29, 0.717) is 5.75 Å². The lowest BCUT2D eigenvalue weighted by Crippen LogP contribution is -2.54. The van der Waals surface area contributed by atoms with Gasteiger partial charge in [-0.3, -0.25) is 34.3 Å². The molecule has 0 bridgehead atoms. The second-order valence-corrected chi connectivity index (χ2v) is 8.62. The van der Waals surface area contributed by atoms with E-state index < -0.39 is 29.7 Å². The topological polar surface area (TPSA) is 105 Å². The van der Waals surface area contributed by atoms with Gasteiger partial charge in [0.15, 0.2) is 0 Å². The minimum atomic E-state index is -1.00. The number of ether oxygens (including phenoxy) is 2. The molecule has 9 nitrogen and oxygen atoms in total. The van der Waals surface area contributed by atoms with E-state index in [0.717, 1.165) is 43.3 Å². The third-order valence-electron chi connectivity index (χ3n) is 6.36. The molecule has 3 aliphatic rings. The van der Waals surface area contributed by atoms with Crippen LogP contribution in [-0.2, 0) is 27.5 Å². The van der Waals surface area contributed by atoms with E-state index >= 15 is 0 Å². The van der Waals surface area contributed by atoms with Crippen molar-refractivity contribution in [3.8, 4) is 5.75 Å². The fraction of sp³-hybridized carbons (Fsp3) is 0.360. The van der Waals surface area contributed by atoms with Crippen molar-refractivity contribution in [2.45, 2.75) is 32.0 Å². The average molecular weight is 463 g/mol. The third kappa shape index (κ3) is 4.32. The second-order valence-electron chi connectivity index (χ2n) is 8.62. The van der Waals surface area contributed by atoms with Crippen molar-refractivity contribution in [2.24, 2.45) is 0 Å². The van der Waals surface area contributed by atoms with Crippen LogP contribution in [0.25, 0.3) is 0 Å². The average Bonchev–Trinajstić information content (AvgIpc) is 3.10. The number of amides is 4. The number of fused-ring (bicyclic) bond motifs is 1. The highest BCUT2D eigenvalue weighted by atomic mass is 16.5. The van der Waals surface area contributed by atoms with Gasteiger partial charge in [0.05, 0.1) is 24.3 Å². The van der Waals surface area contributed by atoms with E-state index in [-0.39, 0.29) is 30.6 Å². The molecule has 0 aliphatic carbocycles. The first-order valence-corrected chi connectivity index (χ1v) is 11.4. The van der Waals surface area contributed by atoms with Crippen LogP contribution in [0.3, 0.4) is 0 Å². The van der Waals surface area contributed by atoms with Gasteiger partial charge < -0.3 is 9.47 Å². The summed E-state index contributed by atoms with van der Waals surface area (Å²) in [7, 11) is 0. The number of carbonyl (C=O) groups is 4. The molecular weight excluding hydrogens is 438 g/mol. The van der Waals surface area contributed by atoms with Gasteiger partial charge in [0.1, 0.15) is 18.4 Å². The smallest absolute Gasteiger partial charge is 0.266 e. The lowest BCUT2D eigenvalue weighted by atomic mass is 10.0. The Balaban J connectivity index is 1.27. The quantitative estimate of drug-likeness (QED) is 0.648. The molecule has 1 N–H and O–H groups in total. The van der Waals surface area contributed by atoms with Crippen LogP contribution in [0.15, 0.2) is 42.5 Å². The zero-order valence-corrected chi connectivity index (χ0v) is 18.6. The molecule has 2 aromatic rings. The molecule has 4 amide bonds. The molecule has 2 fully saturated rings. The number of benzene rings is 2. The summed E-state index contributed by atoms with van der Waals surface area (Å²) in [6.07, 6.45) is 0.192. The van der Waals surface area contributed by atoms with Gasteiger partial charge in [-0.15, -0.1) is 0 Å². The van der Waals surface area contributed by atoms with Gasteiger partial charge in [0.25, 0.3) is 11.8 Å². The largest absolute Gasteiger partial charge is 0.488 e. The van der Waals surface area contributed by atoms with Crippen molar-refractivity contribution in [1.29, 1.82) is 0 Å². The molecule has 0 saturated carbocycles. The first-order chi connectivity index (χ1) is 16.5. The predicted octanol–water partition coefficient (Wildman–Crippen LogP) is 1.50. The van der Waals surface area contributed by atoms with E-state index in [1.807, 2.05) is 12.1 Å². The zero-order chi connectivity index (χ0) is 23.7. The van der Waals surface area contributed by atoms with Crippen LogP contribution >= 0.6 is 0 Å². The van der Waals surface area contributed by atoms with Gasteiger partial charge in [-0.1, -0.05) is 30.3 Å². The first kappa shape index (κ1) is 22.2. The van der Waals surface area contributed by atoms with Crippen molar-refractivity contribution >= 4 is 23.6 Å². The Morgan fingerprint density at radius 2 is 1.68 bits per heavy atom. The van der Waals surface area contributed by atoms with Crippen molar-refractivity contribution in [2.75, 3.05) is 26.3 Å². The molecule has 1 atom stereocenters. The van der Waals surface area contributed by atoms with Crippen LogP contribution < -0.4 is 10.1 Å². The first-order valence-electron chi connectivity index (χ1n) is 11.4. The highest BCUT2D eigenvalue weighted by Gasteiger charge is 2.46. The summed E-state index contributed by atoms with van der Waals surface area (Å²) < 4.78 is 11.3. The molecule has 2 aromatic carbocycles. The number of hydrogen-bond acceptors (Lipinski definition) is 7. The van der Waals surface area contributed by atoms with E-state index in [9.17, 15) is 19.2 Å². The molecule has 9 heteroatoms. The Kier molecular flexibility index (Phi) is 6.12. The predicted molar refractivity (Wildman–Crippen MR) is 120 cm³/mol. The van der Waals surface area contributed by atoms with Gasteiger partial charge in [0, 0.05) is 26.1 Å². The summed E-state index contributed by atoms with van der Waals surface area (Å²) >= 11 is 0. The summed E-state index contributed by atoms with van der Waals surface area (Å²) in [5, 5.41) is 2.20. The minimum absolute atomic E-state index is 0.0781.